The van der Waals surface area contributed by atoms with Crippen LogP contribution >= 0.6 is 34.5 Å². The molecule has 2 heterocycles. The molecule has 1 saturated heterocycles. The molecule has 6 nitrogen and oxygen atoms in total. The molecule has 1 amide bonds. The fraction of sp³-hybridized carbons (Fsp3) is 0.273. The molecule has 1 aromatic heterocycles. The third-order valence-corrected chi connectivity index (χ3v) is 6.44. The highest BCUT2D eigenvalue weighted by atomic mass is 35.5. The van der Waals surface area contributed by atoms with Gasteiger partial charge in [0.05, 0.1) is 24.4 Å². The molecule has 0 bridgehead atoms. The normalized spacial score (nSPS) is 14.5. The van der Waals surface area contributed by atoms with Crippen molar-refractivity contribution in [2.75, 3.05) is 50.1 Å². The first-order chi connectivity index (χ1) is 15.0. The van der Waals surface area contributed by atoms with Crippen LogP contribution in [0.5, 0.6) is 5.75 Å². The zero-order valence-electron chi connectivity index (χ0n) is 17.0. The molecular formula is C22H22Cl2N4O2S. The Morgan fingerprint density at radius 2 is 1.87 bits per heavy atom. The summed E-state index contributed by atoms with van der Waals surface area (Å²) in [5, 5.41) is 6.43. The van der Waals surface area contributed by atoms with Crippen LogP contribution in [0.4, 0.5) is 10.8 Å². The number of nitrogens with one attached hydrogen (secondary N) is 1. The highest BCUT2D eigenvalue weighted by Crippen LogP contribution is 2.32. The van der Waals surface area contributed by atoms with E-state index in [9.17, 15) is 4.79 Å². The summed E-state index contributed by atoms with van der Waals surface area (Å²) in [5.74, 6) is 0.781. The molecule has 4 rings (SSSR count). The number of halogens is 2. The first-order valence-corrected chi connectivity index (χ1v) is 11.5. The van der Waals surface area contributed by atoms with Gasteiger partial charge in [-0.3, -0.25) is 9.69 Å². The van der Waals surface area contributed by atoms with Gasteiger partial charge in [0.25, 0.3) is 0 Å². The molecule has 0 radical (unpaired) electrons. The molecule has 1 fully saturated rings. The van der Waals surface area contributed by atoms with Gasteiger partial charge in [0.2, 0.25) is 5.91 Å². The molecule has 1 N–H and O–H groups in total. The number of carbonyl (C=O) groups excluding carboxylic acids is 1. The number of anilines is 2. The van der Waals surface area contributed by atoms with Gasteiger partial charge in [-0.05, 0) is 42.5 Å². The predicted molar refractivity (Wildman–Crippen MR) is 128 cm³/mol. The number of methoxy groups -OCH3 is 1. The minimum atomic E-state index is -0.0685. The van der Waals surface area contributed by atoms with Gasteiger partial charge in [-0.25, -0.2) is 4.98 Å². The molecule has 0 aliphatic carbocycles. The molecule has 1 aliphatic heterocycles. The van der Waals surface area contributed by atoms with Crippen molar-refractivity contribution < 1.29 is 9.53 Å². The molecule has 9 heteroatoms. The molecule has 0 spiro atoms. The summed E-state index contributed by atoms with van der Waals surface area (Å²) < 4.78 is 5.22. The summed E-state index contributed by atoms with van der Waals surface area (Å²) in [4.78, 5) is 21.5. The summed E-state index contributed by atoms with van der Waals surface area (Å²) in [6, 6.07) is 13.3. The predicted octanol–water partition coefficient (Wildman–Crippen LogP) is 4.89. The van der Waals surface area contributed by atoms with Gasteiger partial charge in [0.15, 0.2) is 5.13 Å². The zero-order valence-corrected chi connectivity index (χ0v) is 19.3. The van der Waals surface area contributed by atoms with Crippen LogP contribution in [0.1, 0.15) is 0 Å². The van der Waals surface area contributed by atoms with Gasteiger partial charge in [-0.1, -0.05) is 23.2 Å². The van der Waals surface area contributed by atoms with Crippen LogP contribution in [0.25, 0.3) is 11.3 Å². The van der Waals surface area contributed by atoms with E-state index in [-0.39, 0.29) is 5.91 Å². The van der Waals surface area contributed by atoms with Crippen LogP contribution in [-0.2, 0) is 4.79 Å². The quantitative estimate of drug-likeness (QED) is 0.548. The van der Waals surface area contributed by atoms with Crippen LogP contribution in [0.3, 0.4) is 0 Å². The minimum Gasteiger partial charge on any atom is -0.497 e. The number of benzene rings is 2. The maximum absolute atomic E-state index is 12.5. The van der Waals surface area contributed by atoms with Gasteiger partial charge in [-0.2, -0.15) is 0 Å². The van der Waals surface area contributed by atoms with Gasteiger partial charge >= 0.3 is 0 Å². The van der Waals surface area contributed by atoms with Crippen LogP contribution in [0, 0.1) is 0 Å². The summed E-state index contributed by atoms with van der Waals surface area (Å²) in [6.45, 7) is 3.73. The van der Waals surface area contributed by atoms with Gasteiger partial charge < -0.3 is 15.0 Å². The highest BCUT2D eigenvalue weighted by Gasteiger charge is 2.20. The monoisotopic (exact) mass is 476 g/mol. The molecule has 1 aliphatic rings. The van der Waals surface area contributed by atoms with Crippen molar-refractivity contribution in [1.29, 1.82) is 0 Å². The lowest BCUT2D eigenvalue weighted by Gasteiger charge is -2.35. The number of hydrogen-bond acceptors (Lipinski definition) is 6. The van der Waals surface area contributed by atoms with Crippen molar-refractivity contribution in [1.82, 2.24) is 9.88 Å². The topological polar surface area (TPSA) is 57.7 Å². The van der Waals surface area contributed by atoms with Crippen LogP contribution in [-0.4, -0.2) is 55.6 Å². The second kappa shape index (κ2) is 9.87. The maximum Gasteiger partial charge on any atom is 0.240 e. The summed E-state index contributed by atoms with van der Waals surface area (Å²) in [7, 11) is 1.66. The smallest absolute Gasteiger partial charge is 0.240 e. The van der Waals surface area contributed by atoms with Crippen LogP contribution in [0.2, 0.25) is 10.0 Å². The maximum atomic E-state index is 12.5. The van der Waals surface area contributed by atoms with E-state index >= 15 is 0 Å². The number of carbonyl (C=O) groups is 1. The summed E-state index contributed by atoms with van der Waals surface area (Å²) >= 11 is 13.6. The molecule has 3 aromatic rings. The Morgan fingerprint density at radius 1 is 1.13 bits per heavy atom. The van der Waals surface area contributed by atoms with Gasteiger partial charge in [-0.15, -0.1) is 11.3 Å². The highest BCUT2D eigenvalue weighted by molar-refractivity contribution is 7.14. The Bertz CT molecular complexity index is 1050. The molecule has 0 atom stereocenters. The number of amides is 1. The zero-order chi connectivity index (χ0) is 21.8. The lowest BCUT2D eigenvalue weighted by atomic mass is 10.2. The van der Waals surface area contributed by atoms with Crippen molar-refractivity contribution in [3.8, 4) is 17.0 Å². The van der Waals surface area contributed by atoms with E-state index in [2.05, 4.69) is 32.2 Å². The van der Waals surface area contributed by atoms with E-state index < -0.39 is 0 Å². The summed E-state index contributed by atoms with van der Waals surface area (Å²) in [5.41, 5.74) is 2.67. The second-order valence-electron chi connectivity index (χ2n) is 7.17. The number of aromatic nitrogens is 1. The van der Waals surface area contributed by atoms with Crippen LogP contribution in [0.15, 0.2) is 47.8 Å². The Kier molecular flexibility index (Phi) is 6.97. The molecule has 2 aromatic carbocycles. The van der Waals surface area contributed by atoms with E-state index in [0.29, 0.717) is 21.7 Å². The number of hydrogen-bond donors (Lipinski definition) is 1. The fourth-order valence-corrected chi connectivity index (χ4v) is 4.70. The van der Waals surface area contributed by atoms with Gasteiger partial charge in [0.1, 0.15) is 5.75 Å². The molecule has 31 heavy (non-hydrogen) atoms. The summed E-state index contributed by atoms with van der Waals surface area (Å²) in [6.07, 6.45) is 0. The first-order valence-electron chi connectivity index (χ1n) is 9.84. The average molecular weight is 477 g/mol. The van der Waals surface area contributed by atoms with E-state index in [1.807, 2.05) is 23.6 Å². The second-order valence-corrected chi connectivity index (χ2v) is 8.87. The first kappa shape index (κ1) is 21.9. The van der Waals surface area contributed by atoms with Crippen molar-refractivity contribution in [2.24, 2.45) is 0 Å². The SMILES string of the molecule is COc1ccc(N2CCN(CC(=O)Nc3nc(-c4ccc(Cl)cc4Cl)cs3)CC2)cc1. The number of rotatable bonds is 6. The minimum absolute atomic E-state index is 0.0685. The Morgan fingerprint density at radius 3 is 2.55 bits per heavy atom. The van der Waals surface area contributed by atoms with Crippen molar-refractivity contribution >= 4 is 51.3 Å². The van der Waals surface area contributed by atoms with Gasteiger partial charge in [0, 0.05) is 47.8 Å². The third kappa shape index (κ3) is 5.49. The largest absolute Gasteiger partial charge is 0.497 e. The van der Waals surface area contributed by atoms with E-state index in [1.165, 1.54) is 17.0 Å². The number of piperazine rings is 1. The lowest BCUT2D eigenvalue weighted by Crippen LogP contribution is -2.48. The Labute approximate surface area is 195 Å². The molecule has 162 valence electrons. The lowest BCUT2D eigenvalue weighted by molar-refractivity contribution is -0.117. The van der Waals surface area contributed by atoms with Crippen LogP contribution < -0.4 is 15.0 Å². The Balaban J connectivity index is 1.28. The van der Waals surface area contributed by atoms with E-state index in [1.54, 1.807) is 19.2 Å². The van der Waals surface area contributed by atoms with Crippen molar-refractivity contribution in [3.63, 3.8) is 0 Å². The molecule has 0 unspecified atom stereocenters. The van der Waals surface area contributed by atoms with Crippen molar-refractivity contribution in [2.45, 2.75) is 0 Å². The third-order valence-electron chi connectivity index (χ3n) is 5.13. The Hall–Kier alpha value is -2.32. The van der Waals surface area contributed by atoms with Crippen molar-refractivity contribution in [3.05, 3.63) is 57.9 Å². The number of thiazole rings is 1. The van der Waals surface area contributed by atoms with E-state index in [4.69, 9.17) is 27.9 Å². The standard InChI is InChI=1S/C22H22Cl2N4O2S/c1-30-17-5-3-16(4-6-17)28-10-8-27(9-11-28)13-21(29)26-22-25-20(14-31-22)18-7-2-15(23)12-19(18)24/h2-7,12,14H,8-11,13H2,1H3,(H,25,26,29). The number of nitrogens with zero attached hydrogens (tertiary/aromatic N) is 3. The van der Waals surface area contributed by atoms with E-state index in [0.717, 1.165) is 43.2 Å². The molecule has 0 saturated carbocycles. The average Bonchev–Trinajstić information content (AvgIpc) is 3.22. The fourth-order valence-electron chi connectivity index (χ4n) is 3.47. The number of ether oxygens (including phenoxy) is 1. The molecular weight excluding hydrogens is 455 g/mol.